The summed E-state index contributed by atoms with van der Waals surface area (Å²) >= 11 is 0. The van der Waals surface area contributed by atoms with E-state index in [1.54, 1.807) is 26.8 Å². The van der Waals surface area contributed by atoms with Gasteiger partial charge in [-0.3, -0.25) is 9.59 Å². The van der Waals surface area contributed by atoms with E-state index in [0.717, 1.165) is 0 Å². The molecule has 0 aromatic heterocycles. The van der Waals surface area contributed by atoms with Crippen LogP contribution in [0.4, 0.5) is 0 Å². The molecule has 1 N–H and O–H groups in total. The van der Waals surface area contributed by atoms with Gasteiger partial charge in [-0.05, 0) is 45.4 Å². The lowest BCUT2D eigenvalue weighted by atomic mass is 9.90. The van der Waals surface area contributed by atoms with Crippen LogP contribution < -0.4 is 0 Å². The minimum atomic E-state index is -3.69. The molecule has 1 heterocycles. The normalized spacial score (nSPS) is 21.1. The molecule has 0 aliphatic carbocycles. The Labute approximate surface area is 148 Å². The van der Waals surface area contributed by atoms with Gasteiger partial charge in [-0.25, -0.2) is 8.42 Å². The van der Waals surface area contributed by atoms with Gasteiger partial charge in [0.15, 0.2) is 0 Å². The fourth-order valence-corrected chi connectivity index (χ4v) is 4.14. The van der Waals surface area contributed by atoms with Crippen LogP contribution in [-0.4, -0.2) is 60.8 Å². The van der Waals surface area contributed by atoms with E-state index in [4.69, 9.17) is 0 Å². The van der Waals surface area contributed by atoms with Crippen LogP contribution in [0.25, 0.3) is 0 Å². The molecule has 138 valence electrons. The molecule has 1 fully saturated rings. The molecule has 1 unspecified atom stereocenters. The molecule has 1 aromatic rings. The van der Waals surface area contributed by atoms with Crippen molar-refractivity contribution >= 4 is 21.9 Å². The van der Waals surface area contributed by atoms with Gasteiger partial charge in [0.1, 0.15) is 0 Å². The van der Waals surface area contributed by atoms with Gasteiger partial charge >= 0.3 is 5.97 Å². The molecule has 0 radical (unpaired) electrons. The van der Waals surface area contributed by atoms with E-state index in [9.17, 15) is 23.1 Å². The molecular formula is C17H24N2O5S. The minimum absolute atomic E-state index is 0.0507. The minimum Gasteiger partial charge on any atom is -0.481 e. The summed E-state index contributed by atoms with van der Waals surface area (Å²) in [6, 6.07) is 5.68. The molecule has 7 nitrogen and oxygen atoms in total. The average molecular weight is 368 g/mol. The number of hydrogen-bond acceptors (Lipinski definition) is 4. The topological polar surface area (TPSA) is 95.0 Å². The third-order valence-electron chi connectivity index (χ3n) is 4.76. The third kappa shape index (κ3) is 3.69. The van der Waals surface area contributed by atoms with Crippen molar-refractivity contribution < 1.29 is 23.1 Å². The lowest BCUT2D eigenvalue weighted by Crippen LogP contribution is -2.35. The molecule has 0 spiro atoms. The number of carboxylic acid groups (broad SMARTS) is 1. The Morgan fingerprint density at radius 1 is 1.32 bits per heavy atom. The highest BCUT2D eigenvalue weighted by molar-refractivity contribution is 7.89. The van der Waals surface area contributed by atoms with Crippen molar-refractivity contribution in [3.8, 4) is 0 Å². The molecule has 0 saturated carbocycles. The van der Waals surface area contributed by atoms with Crippen LogP contribution in [0.1, 0.15) is 37.6 Å². The Kier molecular flexibility index (Phi) is 5.24. The van der Waals surface area contributed by atoms with Crippen LogP contribution in [0.3, 0.4) is 0 Å². The molecule has 8 heteroatoms. The summed E-state index contributed by atoms with van der Waals surface area (Å²) in [6.45, 7) is 5.60. The molecule has 1 atom stereocenters. The van der Waals surface area contributed by atoms with E-state index in [1.807, 2.05) is 0 Å². The second-order valence-electron chi connectivity index (χ2n) is 6.99. The summed E-state index contributed by atoms with van der Waals surface area (Å²) in [5.74, 6) is -1.29. The van der Waals surface area contributed by atoms with Crippen molar-refractivity contribution in [2.24, 2.45) is 5.41 Å². The number of likely N-dealkylation sites (tertiary alicyclic amines) is 1. The van der Waals surface area contributed by atoms with Crippen molar-refractivity contribution in [3.05, 3.63) is 29.8 Å². The number of carbonyl (C=O) groups is 2. The van der Waals surface area contributed by atoms with E-state index in [1.165, 1.54) is 34.5 Å². The quantitative estimate of drug-likeness (QED) is 0.853. The van der Waals surface area contributed by atoms with Crippen molar-refractivity contribution in [2.45, 2.75) is 38.1 Å². The van der Waals surface area contributed by atoms with E-state index < -0.39 is 21.4 Å². The lowest BCUT2D eigenvalue weighted by molar-refractivity contribution is -0.147. The molecule has 1 saturated heterocycles. The summed E-state index contributed by atoms with van der Waals surface area (Å²) in [4.78, 5) is 25.5. The zero-order valence-corrected chi connectivity index (χ0v) is 15.7. The molecule has 0 bridgehead atoms. The zero-order valence-electron chi connectivity index (χ0n) is 14.9. The standard InChI is InChI=1S/C17H24N2O5S/c1-12(2)18(4)25(23,24)14-7-5-6-13(10-14)15(20)19-9-8-17(3,11-19)16(21)22/h5-7,10,12H,8-9,11H2,1-4H3,(H,21,22). The van der Waals surface area contributed by atoms with E-state index >= 15 is 0 Å². The lowest BCUT2D eigenvalue weighted by Gasteiger charge is -2.22. The molecule has 2 rings (SSSR count). The Morgan fingerprint density at radius 3 is 2.48 bits per heavy atom. The Hall–Kier alpha value is -1.93. The SMILES string of the molecule is CC(C)N(C)S(=O)(=O)c1cccc(C(=O)N2CCC(C)(C(=O)O)C2)c1. The monoisotopic (exact) mass is 368 g/mol. The van der Waals surface area contributed by atoms with Gasteiger partial charge in [0.05, 0.1) is 10.3 Å². The van der Waals surface area contributed by atoms with E-state index in [2.05, 4.69) is 0 Å². The van der Waals surface area contributed by atoms with E-state index in [-0.39, 0.29) is 29.0 Å². The number of nitrogens with zero attached hydrogens (tertiary/aromatic N) is 2. The Bertz CT molecular complexity index is 790. The fourth-order valence-electron chi connectivity index (χ4n) is 2.72. The molecule has 25 heavy (non-hydrogen) atoms. The number of sulfonamides is 1. The van der Waals surface area contributed by atoms with Crippen LogP contribution in [0.2, 0.25) is 0 Å². The predicted molar refractivity (Wildman–Crippen MR) is 92.8 cm³/mol. The van der Waals surface area contributed by atoms with Gasteiger partial charge in [-0.1, -0.05) is 6.07 Å². The maximum absolute atomic E-state index is 12.7. The molecule has 1 aliphatic heterocycles. The summed E-state index contributed by atoms with van der Waals surface area (Å²) in [6.07, 6.45) is 0.377. The summed E-state index contributed by atoms with van der Waals surface area (Å²) in [5, 5.41) is 9.28. The maximum Gasteiger partial charge on any atom is 0.311 e. The highest BCUT2D eigenvalue weighted by Crippen LogP contribution is 2.31. The van der Waals surface area contributed by atoms with Crippen LogP contribution >= 0.6 is 0 Å². The molecule has 1 aromatic carbocycles. The second-order valence-corrected chi connectivity index (χ2v) is 8.98. The Morgan fingerprint density at radius 2 is 1.96 bits per heavy atom. The summed E-state index contributed by atoms with van der Waals surface area (Å²) in [5.41, 5.74) is -0.718. The largest absolute Gasteiger partial charge is 0.481 e. The number of amides is 1. The van der Waals surface area contributed by atoms with Crippen LogP contribution in [-0.2, 0) is 14.8 Å². The first kappa shape index (κ1) is 19.4. The van der Waals surface area contributed by atoms with Gasteiger partial charge in [-0.15, -0.1) is 0 Å². The number of hydrogen-bond donors (Lipinski definition) is 1. The highest BCUT2D eigenvalue weighted by atomic mass is 32.2. The maximum atomic E-state index is 12.7. The molecular weight excluding hydrogens is 344 g/mol. The van der Waals surface area contributed by atoms with Crippen molar-refractivity contribution in [2.75, 3.05) is 20.1 Å². The highest BCUT2D eigenvalue weighted by Gasteiger charge is 2.42. The zero-order chi connectivity index (χ0) is 19.0. The molecule has 1 amide bonds. The van der Waals surface area contributed by atoms with Gasteiger partial charge in [0.25, 0.3) is 5.91 Å². The van der Waals surface area contributed by atoms with Gasteiger partial charge in [-0.2, -0.15) is 4.31 Å². The Balaban J connectivity index is 2.28. The van der Waals surface area contributed by atoms with Crippen molar-refractivity contribution in [1.82, 2.24) is 9.21 Å². The first-order valence-electron chi connectivity index (χ1n) is 8.10. The van der Waals surface area contributed by atoms with Gasteiger partial charge < -0.3 is 10.0 Å². The summed E-state index contributed by atoms with van der Waals surface area (Å²) < 4.78 is 26.4. The average Bonchev–Trinajstić information content (AvgIpc) is 2.97. The molecule has 1 aliphatic rings. The predicted octanol–water partition coefficient (Wildman–Crippen LogP) is 1.65. The number of carbonyl (C=O) groups excluding carboxylic acids is 1. The van der Waals surface area contributed by atoms with Gasteiger partial charge in [0, 0.05) is 31.7 Å². The third-order valence-corrected chi connectivity index (χ3v) is 6.79. The van der Waals surface area contributed by atoms with Crippen molar-refractivity contribution in [3.63, 3.8) is 0 Å². The number of rotatable bonds is 5. The van der Waals surface area contributed by atoms with Crippen LogP contribution in [0.15, 0.2) is 29.2 Å². The van der Waals surface area contributed by atoms with E-state index in [0.29, 0.717) is 13.0 Å². The van der Waals surface area contributed by atoms with Crippen molar-refractivity contribution in [1.29, 1.82) is 0 Å². The van der Waals surface area contributed by atoms with Crippen LogP contribution in [0.5, 0.6) is 0 Å². The van der Waals surface area contributed by atoms with Gasteiger partial charge in [0.2, 0.25) is 10.0 Å². The summed E-state index contributed by atoms with van der Waals surface area (Å²) in [7, 11) is -2.19. The first-order chi connectivity index (χ1) is 11.5. The first-order valence-corrected chi connectivity index (χ1v) is 9.54. The second kappa shape index (κ2) is 6.76. The van der Waals surface area contributed by atoms with Crippen LogP contribution in [0, 0.1) is 5.41 Å². The fraction of sp³-hybridized carbons (Fsp3) is 0.529. The number of benzene rings is 1. The smallest absolute Gasteiger partial charge is 0.311 e. The number of aliphatic carboxylic acids is 1. The number of carboxylic acids is 1.